The number of nitrogens with two attached hydrogens (primary N) is 1. The lowest BCUT2D eigenvalue weighted by atomic mass is 10.1. The molecule has 3 N–H and O–H groups in total. The highest BCUT2D eigenvalue weighted by atomic mass is 16.5. The van der Waals surface area contributed by atoms with Crippen molar-refractivity contribution in [1.82, 2.24) is 20.2 Å². The predicted octanol–water partition coefficient (Wildman–Crippen LogP) is 0.355. The van der Waals surface area contributed by atoms with Crippen LogP contribution in [0.1, 0.15) is 12.8 Å². The first kappa shape index (κ1) is 15.1. The van der Waals surface area contributed by atoms with Gasteiger partial charge >= 0.3 is 0 Å². The SMILES string of the molecule is COCCCC(N)C(=O)Nc1ccc(-n2cnnn2)cc1. The third kappa shape index (κ3) is 4.33. The molecule has 1 heterocycles. The largest absolute Gasteiger partial charge is 0.385 e. The van der Waals surface area contributed by atoms with E-state index in [-0.39, 0.29) is 5.91 Å². The summed E-state index contributed by atoms with van der Waals surface area (Å²) < 4.78 is 6.46. The molecule has 0 bridgehead atoms. The minimum Gasteiger partial charge on any atom is -0.385 e. The number of amides is 1. The van der Waals surface area contributed by atoms with Crippen LogP contribution in [0.5, 0.6) is 0 Å². The number of nitrogens with zero attached hydrogens (tertiary/aromatic N) is 4. The molecule has 112 valence electrons. The number of methoxy groups -OCH3 is 1. The van der Waals surface area contributed by atoms with Crippen LogP contribution in [0.2, 0.25) is 0 Å². The van der Waals surface area contributed by atoms with E-state index in [0.29, 0.717) is 18.7 Å². The summed E-state index contributed by atoms with van der Waals surface area (Å²) in [6, 6.07) is 6.62. The molecule has 0 saturated heterocycles. The lowest BCUT2D eigenvalue weighted by Gasteiger charge is -2.12. The van der Waals surface area contributed by atoms with E-state index in [1.54, 1.807) is 19.2 Å². The van der Waals surface area contributed by atoms with Gasteiger partial charge in [0, 0.05) is 19.4 Å². The third-order valence-corrected chi connectivity index (χ3v) is 2.95. The quantitative estimate of drug-likeness (QED) is 0.713. The van der Waals surface area contributed by atoms with Gasteiger partial charge in [-0.15, -0.1) is 5.10 Å². The zero-order chi connectivity index (χ0) is 15.1. The smallest absolute Gasteiger partial charge is 0.241 e. The molecule has 1 aromatic carbocycles. The van der Waals surface area contributed by atoms with Gasteiger partial charge in [-0.2, -0.15) is 0 Å². The summed E-state index contributed by atoms with van der Waals surface area (Å²) in [5, 5.41) is 13.7. The van der Waals surface area contributed by atoms with E-state index in [0.717, 1.165) is 12.1 Å². The van der Waals surface area contributed by atoms with E-state index >= 15 is 0 Å². The normalized spacial score (nSPS) is 12.1. The van der Waals surface area contributed by atoms with Crippen LogP contribution in [0.3, 0.4) is 0 Å². The Bertz CT molecular complexity index is 555. The predicted molar refractivity (Wildman–Crippen MR) is 76.9 cm³/mol. The summed E-state index contributed by atoms with van der Waals surface area (Å²) in [6.45, 7) is 0.599. The minimum absolute atomic E-state index is 0.207. The zero-order valence-corrected chi connectivity index (χ0v) is 11.8. The molecular formula is C13H18N6O2. The van der Waals surface area contributed by atoms with Crippen molar-refractivity contribution < 1.29 is 9.53 Å². The molecule has 1 aromatic heterocycles. The molecule has 0 fully saturated rings. The highest BCUT2D eigenvalue weighted by molar-refractivity contribution is 5.94. The maximum atomic E-state index is 11.9. The number of ether oxygens (including phenoxy) is 1. The zero-order valence-electron chi connectivity index (χ0n) is 11.8. The second-order valence-corrected chi connectivity index (χ2v) is 4.53. The number of aromatic nitrogens is 4. The Balaban J connectivity index is 1.89. The average Bonchev–Trinajstić information content (AvgIpc) is 3.02. The van der Waals surface area contributed by atoms with Crippen molar-refractivity contribution in [3.63, 3.8) is 0 Å². The molecule has 2 rings (SSSR count). The van der Waals surface area contributed by atoms with Crippen molar-refractivity contribution in [3.8, 4) is 5.69 Å². The van der Waals surface area contributed by atoms with Crippen LogP contribution in [0.25, 0.3) is 5.69 Å². The second kappa shape index (κ2) is 7.46. The standard InChI is InChI=1S/C13H18N6O2/c1-21-8-2-3-12(14)13(20)16-10-4-6-11(7-5-10)19-9-15-17-18-19/h4-7,9,12H,2-3,8,14H2,1H3,(H,16,20). The Morgan fingerprint density at radius 2 is 2.19 bits per heavy atom. The molecule has 0 aliphatic carbocycles. The number of carbonyl (C=O) groups excluding carboxylic acids is 1. The van der Waals surface area contributed by atoms with Gasteiger partial charge in [0.25, 0.3) is 0 Å². The Kier molecular flexibility index (Phi) is 5.35. The van der Waals surface area contributed by atoms with Crippen LogP contribution in [-0.4, -0.2) is 45.9 Å². The summed E-state index contributed by atoms with van der Waals surface area (Å²) in [7, 11) is 1.62. The summed E-state index contributed by atoms with van der Waals surface area (Å²) in [4.78, 5) is 11.9. The van der Waals surface area contributed by atoms with Crippen molar-refractivity contribution in [2.45, 2.75) is 18.9 Å². The van der Waals surface area contributed by atoms with E-state index in [2.05, 4.69) is 20.8 Å². The highest BCUT2D eigenvalue weighted by Gasteiger charge is 2.13. The summed E-state index contributed by atoms with van der Waals surface area (Å²) >= 11 is 0. The topological polar surface area (TPSA) is 108 Å². The Morgan fingerprint density at radius 1 is 1.43 bits per heavy atom. The van der Waals surface area contributed by atoms with Gasteiger partial charge in [-0.05, 0) is 47.5 Å². The van der Waals surface area contributed by atoms with E-state index in [9.17, 15) is 4.79 Å². The molecule has 8 nitrogen and oxygen atoms in total. The number of hydrogen-bond donors (Lipinski definition) is 2. The van der Waals surface area contributed by atoms with Gasteiger partial charge in [0.2, 0.25) is 5.91 Å². The third-order valence-electron chi connectivity index (χ3n) is 2.95. The van der Waals surface area contributed by atoms with Crippen molar-refractivity contribution in [1.29, 1.82) is 0 Å². The number of tetrazole rings is 1. The number of benzene rings is 1. The summed E-state index contributed by atoms with van der Waals surface area (Å²) in [5.74, 6) is -0.207. The molecular weight excluding hydrogens is 272 g/mol. The van der Waals surface area contributed by atoms with Crippen LogP contribution < -0.4 is 11.1 Å². The van der Waals surface area contributed by atoms with Gasteiger partial charge < -0.3 is 15.8 Å². The molecule has 1 amide bonds. The van der Waals surface area contributed by atoms with E-state index < -0.39 is 6.04 Å². The van der Waals surface area contributed by atoms with Gasteiger partial charge in [-0.25, -0.2) is 4.68 Å². The first-order valence-electron chi connectivity index (χ1n) is 6.59. The Labute approximate surface area is 122 Å². The number of anilines is 1. The monoisotopic (exact) mass is 290 g/mol. The van der Waals surface area contributed by atoms with Gasteiger partial charge in [-0.3, -0.25) is 4.79 Å². The lowest BCUT2D eigenvalue weighted by Crippen LogP contribution is -2.35. The first-order valence-corrected chi connectivity index (χ1v) is 6.59. The Hall–Kier alpha value is -2.32. The maximum absolute atomic E-state index is 11.9. The van der Waals surface area contributed by atoms with Crippen LogP contribution in [-0.2, 0) is 9.53 Å². The first-order chi connectivity index (χ1) is 10.2. The fraction of sp³-hybridized carbons (Fsp3) is 0.385. The van der Waals surface area contributed by atoms with Crippen LogP contribution in [0.4, 0.5) is 5.69 Å². The van der Waals surface area contributed by atoms with Gasteiger partial charge in [0.15, 0.2) is 0 Å². The second-order valence-electron chi connectivity index (χ2n) is 4.53. The highest BCUT2D eigenvalue weighted by Crippen LogP contribution is 2.12. The van der Waals surface area contributed by atoms with Crippen LogP contribution in [0.15, 0.2) is 30.6 Å². The van der Waals surface area contributed by atoms with Crippen LogP contribution in [0, 0.1) is 0 Å². The number of nitrogens with one attached hydrogen (secondary N) is 1. The fourth-order valence-corrected chi connectivity index (χ4v) is 1.79. The number of rotatable bonds is 7. The molecule has 0 aliphatic rings. The molecule has 1 atom stereocenters. The molecule has 2 aromatic rings. The van der Waals surface area contributed by atoms with E-state index in [4.69, 9.17) is 10.5 Å². The van der Waals surface area contributed by atoms with Gasteiger partial charge in [0.1, 0.15) is 6.33 Å². The van der Waals surface area contributed by atoms with E-state index in [1.165, 1.54) is 11.0 Å². The average molecular weight is 290 g/mol. The van der Waals surface area contributed by atoms with E-state index in [1.807, 2.05) is 12.1 Å². The summed E-state index contributed by atoms with van der Waals surface area (Å²) in [6.07, 6.45) is 2.84. The van der Waals surface area contributed by atoms with Gasteiger partial charge in [0.05, 0.1) is 11.7 Å². The van der Waals surface area contributed by atoms with Crippen molar-refractivity contribution in [3.05, 3.63) is 30.6 Å². The Morgan fingerprint density at radius 3 is 2.81 bits per heavy atom. The molecule has 0 saturated carbocycles. The molecule has 0 radical (unpaired) electrons. The molecule has 0 aliphatic heterocycles. The lowest BCUT2D eigenvalue weighted by molar-refractivity contribution is -0.117. The van der Waals surface area contributed by atoms with Crippen LogP contribution >= 0.6 is 0 Å². The molecule has 1 unspecified atom stereocenters. The van der Waals surface area contributed by atoms with Crippen molar-refractivity contribution in [2.75, 3.05) is 19.0 Å². The molecule has 8 heteroatoms. The molecule has 21 heavy (non-hydrogen) atoms. The number of carbonyl (C=O) groups is 1. The minimum atomic E-state index is -0.542. The summed E-state index contributed by atoms with van der Waals surface area (Å²) in [5.41, 5.74) is 7.30. The van der Waals surface area contributed by atoms with Crippen molar-refractivity contribution in [2.24, 2.45) is 5.73 Å². The number of hydrogen-bond acceptors (Lipinski definition) is 6. The fourth-order valence-electron chi connectivity index (χ4n) is 1.79. The maximum Gasteiger partial charge on any atom is 0.241 e. The van der Waals surface area contributed by atoms with Gasteiger partial charge in [-0.1, -0.05) is 0 Å². The van der Waals surface area contributed by atoms with Crippen molar-refractivity contribution >= 4 is 11.6 Å². The molecule has 0 spiro atoms.